The molecule has 0 saturated carbocycles. The number of nitriles is 1. The highest BCUT2D eigenvalue weighted by atomic mass is 19.1. The lowest BCUT2D eigenvalue weighted by Crippen LogP contribution is -2.52. The Morgan fingerprint density at radius 1 is 1.27 bits per heavy atom. The maximum Gasteiger partial charge on any atom is 0.328 e. The minimum absolute atomic E-state index is 0.0647. The molecule has 0 radical (unpaired) electrons. The molecule has 1 aromatic rings. The van der Waals surface area contributed by atoms with Crippen molar-refractivity contribution in [2.75, 3.05) is 7.11 Å². The topological polar surface area (TPSA) is 108 Å². The van der Waals surface area contributed by atoms with Gasteiger partial charge in [-0.1, -0.05) is 12.1 Å². The first-order valence-electron chi connectivity index (χ1n) is 8.14. The monoisotopic (exact) mass is 363 g/mol. The summed E-state index contributed by atoms with van der Waals surface area (Å²) in [6.45, 7) is 1.26. The highest BCUT2D eigenvalue weighted by Crippen LogP contribution is 2.08. The Morgan fingerprint density at radius 2 is 2.00 bits per heavy atom. The van der Waals surface area contributed by atoms with E-state index in [1.807, 2.05) is 6.07 Å². The molecule has 7 nitrogen and oxygen atoms in total. The molecule has 1 rings (SSSR count). The zero-order valence-corrected chi connectivity index (χ0v) is 14.8. The number of carbonyl (C=O) groups excluding carboxylic acids is 3. The molecule has 0 aliphatic heterocycles. The molecule has 26 heavy (non-hydrogen) atoms. The standard InChI is InChI=1S/C18H22FN3O4/c1-12(23)21-16(11-13-6-5-7-14(19)10-13)17(24)22-15(18(25)26-2)8-3-4-9-20/h5-7,10,15-16H,3-4,8,11H2,1-2H3,(H,21,23)(H,22,24)/t15-,16+/m0/s1. The van der Waals surface area contributed by atoms with Crippen molar-refractivity contribution in [2.45, 2.75) is 44.7 Å². The first-order valence-corrected chi connectivity index (χ1v) is 8.14. The SMILES string of the molecule is COC(=O)[C@H](CCCC#N)NC(=O)[C@@H](Cc1cccc(F)c1)NC(C)=O. The summed E-state index contributed by atoms with van der Waals surface area (Å²) in [5.41, 5.74) is 0.526. The number of esters is 1. The Balaban J connectivity index is 2.86. The highest BCUT2D eigenvalue weighted by molar-refractivity contribution is 5.90. The summed E-state index contributed by atoms with van der Waals surface area (Å²) >= 11 is 0. The summed E-state index contributed by atoms with van der Waals surface area (Å²) in [5, 5.41) is 13.6. The number of hydrogen-bond donors (Lipinski definition) is 2. The molecule has 2 atom stereocenters. The number of nitrogens with zero attached hydrogens (tertiary/aromatic N) is 1. The molecule has 0 spiro atoms. The molecule has 0 saturated heterocycles. The van der Waals surface area contributed by atoms with E-state index in [1.165, 1.54) is 32.2 Å². The predicted octanol–water partition coefficient (Wildman–Crippen LogP) is 1.22. The van der Waals surface area contributed by atoms with Crippen LogP contribution in [0.1, 0.15) is 31.7 Å². The lowest BCUT2D eigenvalue weighted by atomic mass is 10.0. The number of carbonyl (C=O) groups is 3. The minimum atomic E-state index is -0.975. The van der Waals surface area contributed by atoms with Crippen LogP contribution >= 0.6 is 0 Å². The van der Waals surface area contributed by atoms with E-state index in [0.29, 0.717) is 12.0 Å². The maximum atomic E-state index is 13.3. The van der Waals surface area contributed by atoms with Crippen molar-refractivity contribution in [3.63, 3.8) is 0 Å². The number of rotatable bonds is 9. The number of hydrogen-bond acceptors (Lipinski definition) is 5. The number of unbranched alkanes of at least 4 members (excludes halogenated alkanes) is 1. The summed E-state index contributed by atoms with van der Waals surface area (Å²) < 4.78 is 18.0. The molecule has 0 fully saturated rings. The van der Waals surface area contributed by atoms with Gasteiger partial charge in [0.25, 0.3) is 0 Å². The third kappa shape index (κ3) is 7.30. The molecule has 0 unspecified atom stereocenters. The van der Waals surface area contributed by atoms with Crippen LogP contribution in [0.2, 0.25) is 0 Å². The fourth-order valence-electron chi connectivity index (χ4n) is 2.40. The van der Waals surface area contributed by atoms with Gasteiger partial charge in [-0.05, 0) is 30.5 Å². The van der Waals surface area contributed by atoms with Gasteiger partial charge in [0, 0.05) is 19.8 Å². The van der Waals surface area contributed by atoms with Crippen LogP contribution in [0.5, 0.6) is 0 Å². The lowest BCUT2D eigenvalue weighted by Gasteiger charge is -2.22. The Hall–Kier alpha value is -2.95. The third-order valence-corrected chi connectivity index (χ3v) is 3.61. The van der Waals surface area contributed by atoms with Gasteiger partial charge >= 0.3 is 5.97 Å². The van der Waals surface area contributed by atoms with Gasteiger partial charge in [0.05, 0.1) is 13.2 Å². The van der Waals surface area contributed by atoms with Crippen LogP contribution in [0.15, 0.2) is 24.3 Å². The summed E-state index contributed by atoms with van der Waals surface area (Å²) in [5.74, 6) is -2.10. The van der Waals surface area contributed by atoms with E-state index in [4.69, 9.17) is 5.26 Å². The smallest absolute Gasteiger partial charge is 0.328 e. The van der Waals surface area contributed by atoms with Crippen molar-refractivity contribution in [1.29, 1.82) is 5.26 Å². The Labute approximate surface area is 151 Å². The first-order chi connectivity index (χ1) is 12.4. The number of amides is 2. The molecular weight excluding hydrogens is 341 g/mol. The molecule has 0 aliphatic rings. The van der Waals surface area contributed by atoms with E-state index in [0.717, 1.165) is 0 Å². The van der Waals surface area contributed by atoms with Crippen LogP contribution in [0.3, 0.4) is 0 Å². The van der Waals surface area contributed by atoms with Crippen LogP contribution < -0.4 is 10.6 Å². The molecule has 8 heteroatoms. The molecule has 140 valence electrons. The Bertz CT molecular complexity index is 687. The van der Waals surface area contributed by atoms with Crippen molar-refractivity contribution >= 4 is 17.8 Å². The van der Waals surface area contributed by atoms with Crippen LogP contribution in [-0.4, -0.2) is 37.0 Å². The zero-order chi connectivity index (χ0) is 19.5. The van der Waals surface area contributed by atoms with Crippen molar-refractivity contribution in [3.05, 3.63) is 35.6 Å². The summed E-state index contributed by atoms with van der Waals surface area (Å²) in [6, 6.07) is 5.75. The van der Waals surface area contributed by atoms with Crippen LogP contribution in [0, 0.1) is 17.1 Å². The summed E-state index contributed by atoms with van der Waals surface area (Å²) in [6.07, 6.45) is 0.945. The van der Waals surface area contributed by atoms with Crippen molar-refractivity contribution in [2.24, 2.45) is 0 Å². The van der Waals surface area contributed by atoms with Crippen LogP contribution in [-0.2, 0) is 25.5 Å². The van der Waals surface area contributed by atoms with E-state index in [1.54, 1.807) is 6.07 Å². The van der Waals surface area contributed by atoms with E-state index < -0.39 is 35.7 Å². The van der Waals surface area contributed by atoms with Gasteiger partial charge in [-0.15, -0.1) is 0 Å². The second-order valence-electron chi connectivity index (χ2n) is 5.72. The summed E-state index contributed by atoms with van der Waals surface area (Å²) in [4.78, 5) is 35.8. The van der Waals surface area contributed by atoms with Gasteiger partial charge < -0.3 is 15.4 Å². The van der Waals surface area contributed by atoms with Gasteiger partial charge in [0.2, 0.25) is 11.8 Å². The van der Waals surface area contributed by atoms with Gasteiger partial charge in [-0.3, -0.25) is 9.59 Å². The Kier molecular flexibility index (Phi) is 8.78. The van der Waals surface area contributed by atoms with E-state index in [-0.39, 0.29) is 19.3 Å². The number of halogens is 1. The largest absolute Gasteiger partial charge is 0.467 e. The van der Waals surface area contributed by atoms with Gasteiger partial charge in [0.15, 0.2) is 0 Å². The van der Waals surface area contributed by atoms with Gasteiger partial charge in [0.1, 0.15) is 17.9 Å². The van der Waals surface area contributed by atoms with E-state index >= 15 is 0 Å². The predicted molar refractivity (Wildman–Crippen MR) is 91.1 cm³/mol. The first kappa shape index (κ1) is 21.1. The summed E-state index contributed by atoms with van der Waals surface area (Å²) in [7, 11) is 1.20. The zero-order valence-electron chi connectivity index (χ0n) is 14.8. The van der Waals surface area contributed by atoms with Crippen molar-refractivity contribution in [1.82, 2.24) is 10.6 Å². The van der Waals surface area contributed by atoms with E-state index in [2.05, 4.69) is 15.4 Å². The van der Waals surface area contributed by atoms with Gasteiger partial charge in [-0.2, -0.15) is 5.26 Å². The Morgan fingerprint density at radius 3 is 2.58 bits per heavy atom. The quantitative estimate of drug-likeness (QED) is 0.507. The average molecular weight is 363 g/mol. The second kappa shape index (κ2) is 10.8. The molecule has 1 aromatic carbocycles. The molecule has 0 bridgehead atoms. The normalized spacial score (nSPS) is 12.4. The third-order valence-electron chi connectivity index (χ3n) is 3.61. The van der Waals surface area contributed by atoms with Crippen LogP contribution in [0.4, 0.5) is 4.39 Å². The number of nitrogens with one attached hydrogen (secondary N) is 2. The number of ether oxygens (including phenoxy) is 1. The lowest BCUT2D eigenvalue weighted by molar-refractivity contribution is -0.145. The van der Waals surface area contributed by atoms with Crippen molar-refractivity contribution in [3.8, 4) is 6.07 Å². The van der Waals surface area contributed by atoms with Crippen molar-refractivity contribution < 1.29 is 23.5 Å². The molecule has 2 amide bonds. The number of benzene rings is 1. The molecule has 0 aromatic heterocycles. The average Bonchev–Trinajstić information content (AvgIpc) is 2.59. The second-order valence-corrected chi connectivity index (χ2v) is 5.72. The van der Waals surface area contributed by atoms with E-state index in [9.17, 15) is 18.8 Å². The maximum absolute atomic E-state index is 13.3. The van der Waals surface area contributed by atoms with Gasteiger partial charge in [-0.25, -0.2) is 9.18 Å². The molecule has 0 heterocycles. The fourth-order valence-corrected chi connectivity index (χ4v) is 2.40. The fraction of sp³-hybridized carbons (Fsp3) is 0.444. The number of methoxy groups -OCH3 is 1. The molecular formula is C18H22FN3O4. The minimum Gasteiger partial charge on any atom is -0.467 e. The van der Waals surface area contributed by atoms with Crippen LogP contribution in [0.25, 0.3) is 0 Å². The highest BCUT2D eigenvalue weighted by Gasteiger charge is 2.26. The molecule has 0 aliphatic carbocycles. The molecule has 2 N–H and O–H groups in total.